The Bertz CT molecular complexity index is 1190. The molecular formula is C28H27BrN2O3. The van der Waals surface area contributed by atoms with Crippen molar-refractivity contribution in [2.75, 3.05) is 13.2 Å². The molecule has 5 rings (SSSR count). The molecule has 0 fully saturated rings. The van der Waals surface area contributed by atoms with Gasteiger partial charge in [0.25, 0.3) is 0 Å². The van der Waals surface area contributed by atoms with E-state index in [9.17, 15) is 0 Å². The lowest BCUT2D eigenvalue weighted by atomic mass is 9.96. The van der Waals surface area contributed by atoms with Crippen molar-refractivity contribution in [2.24, 2.45) is 5.10 Å². The van der Waals surface area contributed by atoms with Gasteiger partial charge in [0.2, 0.25) is 6.23 Å². The highest BCUT2D eigenvalue weighted by atomic mass is 79.9. The average molecular weight is 519 g/mol. The van der Waals surface area contributed by atoms with Crippen molar-refractivity contribution in [3.8, 4) is 17.2 Å². The van der Waals surface area contributed by atoms with Crippen LogP contribution in [0.4, 0.5) is 0 Å². The fraction of sp³-hybridized carbons (Fsp3) is 0.250. The van der Waals surface area contributed by atoms with Crippen LogP contribution in [-0.4, -0.2) is 23.9 Å². The molecule has 3 aromatic rings. The molecule has 2 heterocycles. The molecule has 174 valence electrons. The van der Waals surface area contributed by atoms with Gasteiger partial charge in [0, 0.05) is 22.0 Å². The van der Waals surface area contributed by atoms with Gasteiger partial charge in [0.1, 0.15) is 23.9 Å². The predicted molar refractivity (Wildman–Crippen MR) is 138 cm³/mol. The molecule has 3 aromatic carbocycles. The van der Waals surface area contributed by atoms with E-state index in [2.05, 4.69) is 64.8 Å². The highest BCUT2D eigenvalue weighted by Crippen LogP contribution is 2.48. The topological polar surface area (TPSA) is 43.3 Å². The van der Waals surface area contributed by atoms with E-state index in [-0.39, 0.29) is 12.3 Å². The summed E-state index contributed by atoms with van der Waals surface area (Å²) in [4.78, 5) is 0. The summed E-state index contributed by atoms with van der Waals surface area (Å²) in [5.41, 5.74) is 4.29. The molecule has 6 heteroatoms. The Morgan fingerprint density at radius 3 is 2.53 bits per heavy atom. The van der Waals surface area contributed by atoms with Gasteiger partial charge in [-0.15, -0.1) is 0 Å². The Kier molecular flexibility index (Phi) is 6.59. The molecule has 2 aliphatic heterocycles. The van der Waals surface area contributed by atoms with Gasteiger partial charge in [0.05, 0.1) is 18.4 Å². The molecule has 0 radical (unpaired) electrons. The quantitative estimate of drug-likeness (QED) is 0.300. The largest absolute Gasteiger partial charge is 0.494 e. The van der Waals surface area contributed by atoms with Gasteiger partial charge in [0.15, 0.2) is 0 Å². The first-order valence-electron chi connectivity index (χ1n) is 11.5. The van der Waals surface area contributed by atoms with Crippen LogP contribution >= 0.6 is 15.9 Å². The Balaban J connectivity index is 1.46. The molecule has 0 N–H and O–H groups in total. The summed E-state index contributed by atoms with van der Waals surface area (Å²) in [6.45, 7) is 7.00. The molecule has 0 spiro atoms. The van der Waals surface area contributed by atoms with Gasteiger partial charge in [-0.3, -0.25) is 0 Å². The van der Waals surface area contributed by atoms with Crippen molar-refractivity contribution in [3.63, 3.8) is 0 Å². The number of rotatable bonds is 8. The normalized spacial score (nSPS) is 18.4. The average Bonchev–Trinajstić information content (AvgIpc) is 3.32. The van der Waals surface area contributed by atoms with E-state index in [0.717, 1.165) is 57.0 Å². The number of hydrogen-bond acceptors (Lipinski definition) is 5. The second-order valence-electron chi connectivity index (χ2n) is 8.34. The number of hydrazone groups is 1. The van der Waals surface area contributed by atoms with Gasteiger partial charge < -0.3 is 14.2 Å². The molecule has 2 aliphatic rings. The maximum Gasteiger partial charge on any atom is 0.213 e. The number of fused-ring (bicyclic) bond motifs is 3. The number of hydrogen-bond donors (Lipinski definition) is 0. The smallest absolute Gasteiger partial charge is 0.213 e. The van der Waals surface area contributed by atoms with Crippen LogP contribution in [0.2, 0.25) is 0 Å². The van der Waals surface area contributed by atoms with Gasteiger partial charge in [-0.2, -0.15) is 5.10 Å². The van der Waals surface area contributed by atoms with E-state index in [1.54, 1.807) is 6.08 Å². The number of ether oxygens (including phenoxy) is 3. The summed E-state index contributed by atoms with van der Waals surface area (Å²) >= 11 is 3.62. The molecule has 34 heavy (non-hydrogen) atoms. The Labute approximate surface area is 208 Å². The summed E-state index contributed by atoms with van der Waals surface area (Å²) in [6, 6.07) is 22.5. The van der Waals surface area contributed by atoms with E-state index < -0.39 is 0 Å². The second-order valence-corrected chi connectivity index (χ2v) is 9.26. The van der Waals surface area contributed by atoms with E-state index >= 15 is 0 Å². The summed E-state index contributed by atoms with van der Waals surface area (Å²) in [5.74, 6) is 2.58. The second kappa shape index (κ2) is 9.94. The van der Waals surface area contributed by atoms with Crippen LogP contribution in [0.1, 0.15) is 48.7 Å². The maximum absolute atomic E-state index is 6.48. The molecule has 0 saturated carbocycles. The highest BCUT2D eigenvalue weighted by Gasteiger charge is 2.41. The van der Waals surface area contributed by atoms with Crippen molar-refractivity contribution in [3.05, 3.63) is 101 Å². The van der Waals surface area contributed by atoms with E-state index in [1.807, 2.05) is 36.4 Å². The standard InChI is InChI=1S/C28H27BrN2O3/c1-3-15-32-22-10-5-19(6-11-22)25-18-26-24-17-21(29)9-14-27(24)34-28(31(26)30-25)20-7-12-23(13-8-20)33-16-4-2/h3,5-14,17,26,28H,1,4,15-16,18H2,2H3/t26-,28-/m1/s1. The van der Waals surface area contributed by atoms with E-state index in [0.29, 0.717) is 13.2 Å². The van der Waals surface area contributed by atoms with Crippen LogP contribution in [0, 0.1) is 0 Å². The van der Waals surface area contributed by atoms with Crippen LogP contribution in [0.25, 0.3) is 0 Å². The summed E-state index contributed by atoms with van der Waals surface area (Å²) in [7, 11) is 0. The molecule has 0 aliphatic carbocycles. The van der Waals surface area contributed by atoms with Crippen LogP contribution in [0.15, 0.2) is 89.0 Å². The van der Waals surface area contributed by atoms with Gasteiger partial charge in [-0.05, 0) is 78.7 Å². The zero-order valence-electron chi connectivity index (χ0n) is 19.1. The zero-order chi connectivity index (χ0) is 23.5. The number of halogens is 1. The lowest BCUT2D eigenvalue weighted by Crippen LogP contribution is -2.33. The molecule has 5 nitrogen and oxygen atoms in total. The van der Waals surface area contributed by atoms with Crippen molar-refractivity contribution in [1.29, 1.82) is 0 Å². The van der Waals surface area contributed by atoms with Crippen LogP contribution < -0.4 is 14.2 Å². The van der Waals surface area contributed by atoms with Crippen LogP contribution in [0.3, 0.4) is 0 Å². The molecule has 0 aromatic heterocycles. The minimum atomic E-state index is -0.313. The molecule has 0 unspecified atom stereocenters. The van der Waals surface area contributed by atoms with Crippen molar-refractivity contribution < 1.29 is 14.2 Å². The van der Waals surface area contributed by atoms with Gasteiger partial charge >= 0.3 is 0 Å². The first kappa shape index (κ1) is 22.5. The van der Waals surface area contributed by atoms with Crippen molar-refractivity contribution in [1.82, 2.24) is 5.01 Å². The lowest BCUT2D eigenvalue weighted by Gasteiger charge is -2.38. The Morgan fingerprint density at radius 2 is 1.79 bits per heavy atom. The fourth-order valence-electron chi connectivity index (χ4n) is 4.30. The minimum absolute atomic E-state index is 0.0916. The predicted octanol–water partition coefficient (Wildman–Crippen LogP) is 7.05. The lowest BCUT2D eigenvalue weighted by molar-refractivity contribution is -0.0191. The molecule has 0 bridgehead atoms. The van der Waals surface area contributed by atoms with Gasteiger partial charge in [-0.1, -0.05) is 35.5 Å². The molecular weight excluding hydrogens is 492 g/mol. The third kappa shape index (κ3) is 4.55. The third-order valence-corrected chi connectivity index (χ3v) is 6.44. The molecule has 2 atom stereocenters. The van der Waals surface area contributed by atoms with Crippen molar-refractivity contribution in [2.45, 2.75) is 32.0 Å². The van der Waals surface area contributed by atoms with E-state index in [4.69, 9.17) is 19.3 Å². The van der Waals surface area contributed by atoms with Crippen LogP contribution in [-0.2, 0) is 0 Å². The third-order valence-electron chi connectivity index (χ3n) is 5.95. The van der Waals surface area contributed by atoms with Crippen molar-refractivity contribution >= 4 is 21.6 Å². The Morgan fingerprint density at radius 1 is 1.06 bits per heavy atom. The summed E-state index contributed by atoms with van der Waals surface area (Å²) < 4.78 is 18.9. The SMILES string of the molecule is C=CCOc1ccc(C2=NN3[C@H](C2)c2cc(Br)ccc2O[C@@H]3c2ccc(OCCC)cc2)cc1. The zero-order valence-corrected chi connectivity index (χ0v) is 20.7. The summed E-state index contributed by atoms with van der Waals surface area (Å²) in [5, 5.41) is 7.14. The first-order valence-corrected chi connectivity index (χ1v) is 12.3. The maximum atomic E-state index is 6.48. The highest BCUT2D eigenvalue weighted by molar-refractivity contribution is 9.10. The minimum Gasteiger partial charge on any atom is -0.494 e. The number of benzene rings is 3. The Hall–Kier alpha value is -3.25. The molecule has 0 amide bonds. The first-order chi connectivity index (χ1) is 16.7. The van der Waals surface area contributed by atoms with E-state index in [1.165, 1.54) is 0 Å². The fourth-order valence-corrected chi connectivity index (χ4v) is 4.68. The monoisotopic (exact) mass is 518 g/mol. The number of nitrogens with zero attached hydrogens (tertiary/aromatic N) is 2. The van der Waals surface area contributed by atoms with Crippen LogP contribution in [0.5, 0.6) is 17.2 Å². The van der Waals surface area contributed by atoms with Gasteiger partial charge in [-0.25, -0.2) is 5.01 Å². The summed E-state index contributed by atoms with van der Waals surface area (Å²) in [6.07, 6.45) is 3.21. The molecule has 0 saturated heterocycles.